The van der Waals surface area contributed by atoms with E-state index in [1.54, 1.807) is 0 Å². The smallest absolute Gasteiger partial charge is 0.142 e. The van der Waals surface area contributed by atoms with E-state index in [1.807, 2.05) is 6.08 Å². The molecule has 1 unspecified atom stereocenters. The third-order valence-corrected chi connectivity index (χ3v) is 3.42. The van der Waals surface area contributed by atoms with Crippen molar-refractivity contribution >= 4 is 12.4 Å². The maximum absolute atomic E-state index is 10.3. The molecule has 0 heterocycles. The SMILES string of the molecule is CCCCCC(CC)c1ccc(C=CC=O)cc1. The molecule has 0 radical (unpaired) electrons. The number of hydrogen-bond donors (Lipinski definition) is 0. The molecule has 0 aliphatic carbocycles. The summed E-state index contributed by atoms with van der Waals surface area (Å²) in [6, 6.07) is 8.59. The van der Waals surface area contributed by atoms with Crippen molar-refractivity contribution in [3.63, 3.8) is 0 Å². The van der Waals surface area contributed by atoms with E-state index >= 15 is 0 Å². The molecule has 0 saturated carbocycles. The average Bonchev–Trinajstić information content (AvgIpc) is 2.42. The fraction of sp³-hybridized carbons (Fsp3) is 0.471. The first-order valence-electron chi connectivity index (χ1n) is 7.03. The molecule has 1 aromatic carbocycles. The first kappa shape index (κ1) is 14.7. The Morgan fingerprint density at radius 2 is 1.83 bits per heavy atom. The molecule has 0 bridgehead atoms. The van der Waals surface area contributed by atoms with Crippen LogP contribution in [0.4, 0.5) is 0 Å². The van der Waals surface area contributed by atoms with E-state index in [1.165, 1.54) is 43.7 Å². The fourth-order valence-electron chi connectivity index (χ4n) is 2.28. The largest absolute Gasteiger partial charge is 0.299 e. The summed E-state index contributed by atoms with van der Waals surface area (Å²) in [6.45, 7) is 4.51. The summed E-state index contributed by atoms with van der Waals surface area (Å²) < 4.78 is 0. The van der Waals surface area contributed by atoms with Crippen molar-refractivity contribution in [1.82, 2.24) is 0 Å². The van der Waals surface area contributed by atoms with Gasteiger partial charge in [0.05, 0.1) is 0 Å². The number of carbonyl (C=O) groups excluding carboxylic acids is 1. The molecule has 1 heteroatoms. The van der Waals surface area contributed by atoms with Gasteiger partial charge in [0.15, 0.2) is 0 Å². The lowest BCUT2D eigenvalue weighted by Gasteiger charge is -2.15. The van der Waals surface area contributed by atoms with Gasteiger partial charge in [0.2, 0.25) is 0 Å². The number of rotatable bonds is 8. The Kier molecular flexibility index (Phi) is 7.09. The molecule has 1 nitrogen and oxygen atoms in total. The molecule has 0 aromatic heterocycles. The molecule has 1 aromatic rings. The van der Waals surface area contributed by atoms with Crippen molar-refractivity contribution in [3.8, 4) is 0 Å². The van der Waals surface area contributed by atoms with Gasteiger partial charge in [-0.3, -0.25) is 4.79 Å². The number of carbonyl (C=O) groups is 1. The van der Waals surface area contributed by atoms with Gasteiger partial charge in [0.1, 0.15) is 6.29 Å². The minimum absolute atomic E-state index is 0.681. The lowest BCUT2D eigenvalue weighted by Crippen LogP contribution is -1.97. The van der Waals surface area contributed by atoms with Crippen molar-refractivity contribution in [2.75, 3.05) is 0 Å². The molecule has 0 aliphatic heterocycles. The number of unbranched alkanes of at least 4 members (excludes halogenated alkanes) is 2. The zero-order chi connectivity index (χ0) is 13.2. The molecule has 0 saturated heterocycles. The van der Waals surface area contributed by atoms with Gasteiger partial charge in [0.25, 0.3) is 0 Å². The van der Waals surface area contributed by atoms with E-state index in [0.717, 1.165) is 11.8 Å². The molecule has 0 amide bonds. The summed E-state index contributed by atoms with van der Waals surface area (Å²) in [7, 11) is 0. The Morgan fingerprint density at radius 3 is 2.39 bits per heavy atom. The minimum atomic E-state index is 0.681. The van der Waals surface area contributed by atoms with Crippen LogP contribution in [0.15, 0.2) is 30.3 Å². The number of hydrogen-bond acceptors (Lipinski definition) is 1. The zero-order valence-electron chi connectivity index (χ0n) is 11.6. The predicted octanol–water partition coefficient (Wildman–Crippen LogP) is 4.97. The van der Waals surface area contributed by atoms with E-state index < -0.39 is 0 Å². The van der Waals surface area contributed by atoms with Gasteiger partial charge >= 0.3 is 0 Å². The van der Waals surface area contributed by atoms with E-state index in [0.29, 0.717) is 5.92 Å². The van der Waals surface area contributed by atoms with Crippen LogP contribution in [0, 0.1) is 0 Å². The third kappa shape index (κ3) is 4.87. The van der Waals surface area contributed by atoms with Crippen LogP contribution in [0.2, 0.25) is 0 Å². The van der Waals surface area contributed by atoms with Gasteiger partial charge < -0.3 is 0 Å². The lowest BCUT2D eigenvalue weighted by atomic mass is 9.90. The second-order valence-electron chi connectivity index (χ2n) is 4.76. The molecule has 0 aliphatic rings. The monoisotopic (exact) mass is 244 g/mol. The fourth-order valence-corrected chi connectivity index (χ4v) is 2.28. The second-order valence-corrected chi connectivity index (χ2v) is 4.76. The van der Waals surface area contributed by atoms with Gasteiger partial charge in [-0.2, -0.15) is 0 Å². The van der Waals surface area contributed by atoms with E-state index in [4.69, 9.17) is 0 Å². The summed E-state index contributed by atoms with van der Waals surface area (Å²) in [5.74, 6) is 0.681. The van der Waals surface area contributed by atoms with Gasteiger partial charge in [0, 0.05) is 0 Å². The highest BCUT2D eigenvalue weighted by Crippen LogP contribution is 2.26. The number of aldehydes is 1. The van der Waals surface area contributed by atoms with Crippen molar-refractivity contribution in [1.29, 1.82) is 0 Å². The normalized spacial score (nSPS) is 12.8. The molecule has 0 fully saturated rings. The number of benzene rings is 1. The summed E-state index contributed by atoms with van der Waals surface area (Å²) in [5.41, 5.74) is 2.52. The van der Waals surface area contributed by atoms with Gasteiger partial charge in [-0.25, -0.2) is 0 Å². The van der Waals surface area contributed by atoms with Crippen molar-refractivity contribution < 1.29 is 4.79 Å². The summed E-state index contributed by atoms with van der Waals surface area (Å²) in [5, 5.41) is 0. The number of allylic oxidation sites excluding steroid dienone is 1. The van der Waals surface area contributed by atoms with Crippen LogP contribution in [0.25, 0.3) is 6.08 Å². The summed E-state index contributed by atoms with van der Waals surface area (Å²) in [4.78, 5) is 10.3. The van der Waals surface area contributed by atoms with Crippen LogP contribution < -0.4 is 0 Å². The lowest BCUT2D eigenvalue weighted by molar-refractivity contribution is -0.104. The third-order valence-electron chi connectivity index (χ3n) is 3.42. The van der Waals surface area contributed by atoms with Crippen LogP contribution in [-0.2, 0) is 4.79 Å². The highest BCUT2D eigenvalue weighted by atomic mass is 16.1. The average molecular weight is 244 g/mol. The molecular weight excluding hydrogens is 220 g/mol. The maximum atomic E-state index is 10.3. The summed E-state index contributed by atoms with van der Waals surface area (Å²) >= 11 is 0. The van der Waals surface area contributed by atoms with Crippen LogP contribution in [0.1, 0.15) is 63.0 Å². The zero-order valence-corrected chi connectivity index (χ0v) is 11.6. The van der Waals surface area contributed by atoms with Crippen molar-refractivity contribution in [2.45, 2.75) is 51.9 Å². The van der Waals surface area contributed by atoms with Crippen LogP contribution in [0.3, 0.4) is 0 Å². The predicted molar refractivity (Wildman–Crippen MR) is 78.7 cm³/mol. The molecule has 98 valence electrons. The Balaban J connectivity index is 2.63. The Labute approximate surface area is 111 Å². The van der Waals surface area contributed by atoms with Crippen molar-refractivity contribution in [3.05, 3.63) is 41.5 Å². The maximum Gasteiger partial charge on any atom is 0.142 e. The van der Waals surface area contributed by atoms with Gasteiger partial charge in [-0.1, -0.05) is 63.5 Å². The second kappa shape index (κ2) is 8.68. The molecule has 0 N–H and O–H groups in total. The van der Waals surface area contributed by atoms with E-state index in [2.05, 4.69) is 38.1 Å². The molecular formula is C17H24O. The molecule has 1 atom stereocenters. The standard InChI is InChI=1S/C17H24O/c1-3-5-6-9-16(4-2)17-12-10-15(11-13-17)8-7-14-18/h7-8,10-14,16H,3-6,9H2,1-2H3. The molecule has 0 spiro atoms. The summed E-state index contributed by atoms with van der Waals surface area (Å²) in [6.07, 6.45) is 10.6. The first-order chi connectivity index (χ1) is 8.81. The first-order valence-corrected chi connectivity index (χ1v) is 7.03. The van der Waals surface area contributed by atoms with Crippen LogP contribution in [-0.4, -0.2) is 6.29 Å². The molecule has 18 heavy (non-hydrogen) atoms. The van der Waals surface area contributed by atoms with E-state index in [-0.39, 0.29) is 0 Å². The minimum Gasteiger partial charge on any atom is -0.299 e. The van der Waals surface area contributed by atoms with Gasteiger partial charge in [-0.05, 0) is 36.0 Å². The quantitative estimate of drug-likeness (QED) is 0.358. The van der Waals surface area contributed by atoms with Gasteiger partial charge in [-0.15, -0.1) is 0 Å². The van der Waals surface area contributed by atoms with Crippen LogP contribution in [0.5, 0.6) is 0 Å². The van der Waals surface area contributed by atoms with Crippen molar-refractivity contribution in [2.24, 2.45) is 0 Å². The van der Waals surface area contributed by atoms with E-state index in [9.17, 15) is 4.79 Å². The Morgan fingerprint density at radius 1 is 1.11 bits per heavy atom. The molecule has 1 rings (SSSR count). The highest BCUT2D eigenvalue weighted by Gasteiger charge is 2.08. The van der Waals surface area contributed by atoms with Crippen LogP contribution >= 0.6 is 0 Å². The Hall–Kier alpha value is -1.37. The Bertz CT molecular complexity index is 362. The highest BCUT2D eigenvalue weighted by molar-refractivity contribution is 5.73. The topological polar surface area (TPSA) is 17.1 Å².